The monoisotopic (exact) mass is 525 g/mol. The van der Waals surface area contributed by atoms with Gasteiger partial charge in [0.1, 0.15) is 0 Å². The molecule has 1 atom stereocenters. The number of nitrogens with zero attached hydrogens (tertiary/aromatic N) is 1. The minimum Gasteiger partial charge on any atom is -0.465 e. The van der Waals surface area contributed by atoms with Crippen molar-refractivity contribution in [2.75, 3.05) is 12.4 Å². The Morgan fingerprint density at radius 1 is 1.18 bits per heavy atom. The van der Waals surface area contributed by atoms with Crippen LogP contribution in [0.4, 0.5) is 5.95 Å². The number of benzene rings is 2. The van der Waals surface area contributed by atoms with Gasteiger partial charge < -0.3 is 9.72 Å². The molecule has 0 aliphatic carbocycles. The second kappa shape index (κ2) is 11.7. The smallest absolute Gasteiger partial charge is 0.338 e. The fraction of sp³-hybridized carbons (Fsp3) is 0.308. The largest absolute Gasteiger partial charge is 0.465 e. The fourth-order valence-electron chi connectivity index (χ4n) is 3.62. The van der Waals surface area contributed by atoms with E-state index < -0.39 is 16.4 Å². The molecule has 1 aromatic heterocycles. The van der Waals surface area contributed by atoms with E-state index in [-0.39, 0.29) is 11.9 Å². The molecule has 0 fully saturated rings. The van der Waals surface area contributed by atoms with E-state index in [2.05, 4.69) is 38.1 Å². The van der Waals surface area contributed by atoms with Gasteiger partial charge in [-0.3, -0.25) is 14.9 Å². The summed E-state index contributed by atoms with van der Waals surface area (Å²) in [6.07, 6.45) is 2.75. The van der Waals surface area contributed by atoms with Crippen molar-refractivity contribution in [2.24, 2.45) is 0 Å². The summed E-state index contributed by atoms with van der Waals surface area (Å²) in [5.74, 6) is -0.608. The van der Waals surface area contributed by atoms with Gasteiger partial charge in [0.15, 0.2) is 0 Å². The standard InChI is InChI=1S/C26H28BrN3O4/c1-4-5-11-22-21(24(32)30-26(28-22)29-23(31)16(2)27)15-17-12-13-19(18-9-7-6-8-10-18)20(14-17)25(33)34-3/h6-10,12-14,16H,4-5,11,15H2,1-3H3,(H2,28,29,30,31,32). The summed E-state index contributed by atoms with van der Waals surface area (Å²) in [6.45, 7) is 3.76. The number of hydrogen-bond donors (Lipinski definition) is 2. The van der Waals surface area contributed by atoms with Crippen molar-refractivity contribution in [3.05, 3.63) is 81.3 Å². The average Bonchev–Trinajstić information content (AvgIpc) is 2.84. The van der Waals surface area contributed by atoms with E-state index in [0.717, 1.165) is 35.2 Å². The molecule has 2 N–H and O–H groups in total. The number of aromatic nitrogens is 2. The Labute approximate surface area is 207 Å². The van der Waals surface area contributed by atoms with Gasteiger partial charge in [-0.1, -0.05) is 71.7 Å². The summed E-state index contributed by atoms with van der Waals surface area (Å²) >= 11 is 3.21. The molecule has 8 heteroatoms. The van der Waals surface area contributed by atoms with E-state index in [1.807, 2.05) is 42.5 Å². The van der Waals surface area contributed by atoms with Crippen LogP contribution in [0.3, 0.4) is 0 Å². The van der Waals surface area contributed by atoms with Crippen LogP contribution in [-0.4, -0.2) is 33.8 Å². The van der Waals surface area contributed by atoms with Crippen molar-refractivity contribution < 1.29 is 14.3 Å². The molecule has 0 bridgehead atoms. The number of hydrogen-bond acceptors (Lipinski definition) is 5. The van der Waals surface area contributed by atoms with Gasteiger partial charge in [0, 0.05) is 17.7 Å². The Balaban J connectivity index is 2.01. The molecule has 7 nitrogen and oxygen atoms in total. The molecule has 2 aromatic carbocycles. The number of unbranched alkanes of at least 4 members (excludes halogenated alkanes) is 1. The summed E-state index contributed by atoms with van der Waals surface area (Å²) < 4.78 is 5.01. The average molecular weight is 526 g/mol. The predicted molar refractivity (Wildman–Crippen MR) is 137 cm³/mol. The Bertz CT molecular complexity index is 1220. The lowest BCUT2D eigenvalue weighted by molar-refractivity contribution is -0.115. The molecule has 0 aliphatic heterocycles. The van der Waals surface area contributed by atoms with Gasteiger partial charge in [-0.15, -0.1) is 0 Å². The third kappa shape index (κ3) is 6.20. The van der Waals surface area contributed by atoms with Crippen molar-refractivity contribution in [1.82, 2.24) is 9.97 Å². The van der Waals surface area contributed by atoms with Crippen molar-refractivity contribution >= 4 is 33.8 Å². The third-order valence-corrected chi connectivity index (χ3v) is 5.86. The lowest BCUT2D eigenvalue weighted by Gasteiger charge is -2.14. The minimum absolute atomic E-state index is 0.130. The van der Waals surface area contributed by atoms with Gasteiger partial charge in [-0.25, -0.2) is 4.79 Å². The summed E-state index contributed by atoms with van der Waals surface area (Å²) in [7, 11) is 1.35. The normalized spacial score (nSPS) is 11.6. The molecule has 0 saturated heterocycles. The van der Waals surface area contributed by atoms with Crippen LogP contribution < -0.4 is 10.9 Å². The highest BCUT2D eigenvalue weighted by Crippen LogP contribution is 2.26. The van der Waals surface area contributed by atoms with Gasteiger partial charge in [0.25, 0.3) is 5.56 Å². The van der Waals surface area contributed by atoms with Crippen molar-refractivity contribution in [3.63, 3.8) is 0 Å². The zero-order valence-electron chi connectivity index (χ0n) is 19.5. The number of carbonyl (C=O) groups excluding carboxylic acids is 2. The van der Waals surface area contributed by atoms with Gasteiger partial charge in [0.05, 0.1) is 17.5 Å². The highest BCUT2D eigenvalue weighted by molar-refractivity contribution is 9.10. The van der Waals surface area contributed by atoms with Crippen molar-refractivity contribution in [1.29, 1.82) is 0 Å². The second-order valence-corrected chi connectivity index (χ2v) is 9.34. The third-order valence-electron chi connectivity index (χ3n) is 5.44. The van der Waals surface area contributed by atoms with E-state index in [1.54, 1.807) is 13.0 Å². The maximum absolute atomic E-state index is 13.0. The number of carbonyl (C=O) groups is 2. The second-order valence-electron chi connectivity index (χ2n) is 7.97. The van der Waals surface area contributed by atoms with Crippen LogP contribution >= 0.6 is 15.9 Å². The first kappa shape index (κ1) is 25.4. The van der Waals surface area contributed by atoms with Gasteiger partial charge in [-0.2, -0.15) is 4.98 Å². The van der Waals surface area contributed by atoms with Gasteiger partial charge >= 0.3 is 5.97 Å². The first-order chi connectivity index (χ1) is 16.3. The number of aryl methyl sites for hydroxylation is 1. The summed E-state index contributed by atoms with van der Waals surface area (Å²) in [5.41, 5.74) is 3.72. The number of aromatic amines is 1. The molecule has 1 unspecified atom stereocenters. The number of halogens is 1. The first-order valence-corrected chi connectivity index (χ1v) is 12.1. The molecule has 0 saturated carbocycles. The molecule has 1 amide bonds. The lowest BCUT2D eigenvalue weighted by atomic mass is 9.94. The highest BCUT2D eigenvalue weighted by atomic mass is 79.9. The molecule has 0 spiro atoms. The van der Waals surface area contributed by atoms with E-state index in [1.165, 1.54) is 7.11 Å². The Hall–Kier alpha value is -3.26. The molecular weight excluding hydrogens is 498 g/mol. The first-order valence-electron chi connectivity index (χ1n) is 11.2. The fourth-order valence-corrected chi connectivity index (χ4v) is 3.74. The number of amides is 1. The van der Waals surface area contributed by atoms with Crippen LogP contribution in [0.5, 0.6) is 0 Å². The van der Waals surface area contributed by atoms with E-state index >= 15 is 0 Å². The van der Waals surface area contributed by atoms with Gasteiger partial charge in [0.2, 0.25) is 11.9 Å². The number of methoxy groups -OCH3 is 1. The lowest BCUT2D eigenvalue weighted by Crippen LogP contribution is -2.26. The molecule has 34 heavy (non-hydrogen) atoms. The van der Waals surface area contributed by atoms with E-state index in [4.69, 9.17) is 4.74 Å². The Morgan fingerprint density at radius 3 is 2.56 bits per heavy atom. The quantitative estimate of drug-likeness (QED) is 0.306. The number of alkyl halides is 1. The summed E-state index contributed by atoms with van der Waals surface area (Å²) in [5, 5.41) is 2.63. The topological polar surface area (TPSA) is 101 Å². The Morgan fingerprint density at radius 2 is 1.91 bits per heavy atom. The summed E-state index contributed by atoms with van der Waals surface area (Å²) in [4.78, 5) is 44.3. The number of ether oxygens (including phenoxy) is 1. The van der Waals surface area contributed by atoms with Crippen LogP contribution in [0.1, 0.15) is 53.9 Å². The van der Waals surface area contributed by atoms with Crippen LogP contribution in [0.15, 0.2) is 53.3 Å². The SMILES string of the molecule is CCCCc1[nH]c(NC(=O)C(C)Br)nc(=O)c1Cc1ccc(-c2ccccc2)c(C(=O)OC)c1. The molecule has 0 aliphatic rings. The van der Waals surface area contributed by atoms with Crippen LogP contribution in [0.2, 0.25) is 0 Å². The molecule has 3 aromatic rings. The maximum Gasteiger partial charge on any atom is 0.338 e. The number of esters is 1. The van der Waals surface area contributed by atoms with Crippen molar-refractivity contribution in [2.45, 2.75) is 44.4 Å². The minimum atomic E-state index is -0.444. The van der Waals surface area contributed by atoms with Crippen molar-refractivity contribution in [3.8, 4) is 11.1 Å². The van der Waals surface area contributed by atoms with Gasteiger partial charge in [-0.05, 0) is 42.5 Å². The van der Waals surface area contributed by atoms with E-state index in [9.17, 15) is 14.4 Å². The molecule has 178 valence electrons. The summed E-state index contributed by atoms with van der Waals surface area (Å²) in [6, 6.07) is 15.1. The van der Waals surface area contributed by atoms with E-state index in [0.29, 0.717) is 24.0 Å². The molecule has 3 rings (SSSR count). The number of H-pyrrole nitrogens is 1. The Kier molecular flexibility index (Phi) is 8.76. The van der Waals surface area contributed by atoms with Crippen LogP contribution in [0.25, 0.3) is 11.1 Å². The number of anilines is 1. The number of nitrogens with one attached hydrogen (secondary N) is 2. The van der Waals surface area contributed by atoms with Crippen LogP contribution in [0, 0.1) is 0 Å². The number of rotatable bonds is 9. The molecular formula is C26H28BrN3O4. The zero-order chi connectivity index (χ0) is 24.7. The highest BCUT2D eigenvalue weighted by Gasteiger charge is 2.18. The molecule has 1 heterocycles. The zero-order valence-corrected chi connectivity index (χ0v) is 21.1. The maximum atomic E-state index is 13.0. The van der Waals surface area contributed by atoms with Crippen LogP contribution in [-0.2, 0) is 22.4 Å². The molecule has 0 radical (unpaired) electrons. The predicted octanol–water partition coefficient (Wildman–Crippen LogP) is 4.88.